The highest BCUT2D eigenvalue weighted by atomic mass is 19.1. The fraction of sp³-hybridized carbons (Fsp3) is 0.320. The lowest BCUT2D eigenvalue weighted by Gasteiger charge is -2.29. The number of carboxylic acids is 1. The summed E-state index contributed by atoms with van der Waals surface area (Å²) in [6, 6.07) is 12.6. The van der Waals surface area contributed by atoms with Crippen LogP contribution in [-0.2, 0) is 9.53 Å². The van der Waals surface area contributed by atoms with Crippen molar-refractivity contribution in [2.45, 2.75) is 38.2 Å². The van der Waals surface area contributed by atoms with Crippen molar-refractivity contribution in [1.82, 2.24) is 15.3 Å². The zero-order valence-electron chi connectivity index (χ0n) is 18.1. The van der Waals surface area contributed by atoms with Crippen molar-refractivity contribution < 1.29 is 19.0 Å². The van der Waals surface area contributed by atoms with Crippen LogP contribution in [0.5, 0.6) is 0 Å². The molecule has 3 N–H and O–H groups in total. The molecule has 170 valence electrons. The summed E-state index contributed by atoms with van der Waals surface area (Å²) in [5.41, 5.74) is 3.50. The van der Waals surface area contributed by atoms with Crippen LogP contribution in [0.25, 0.3) is 22.4 Å². The number of benzene rings is 2. The minimum atomic E-state index is -0.736. The number of aromatic nitrogens is 2. The van der Waals surface area contributed by atoms with Gasteiger partial charge in [0.05, 0.1) is 35.1 Å². The Morgan fingerprint density at radius 1 is 1.15 bits per heavy atom. The summed E-state index contributed by atoms with van der Waals surface area (Å²) in [7, 11) is 0. The number of aromatic amines is 1. The fourth-order valence-corrected chi connectivity index (χ4v) is 4.49. The molecule has 2 aromatic carbocycles. The van der Waals surface area contributed by atoms with Crippen molar-refractivity contribution in [1.29, 1.82) is 0 Å². The number of imidazole rings is 1. The van der Waals surface area contributed by atoms with Gasteiger partial charge in [-0.1, -0.05) is 18.2 Å². The molecule has 0 spiro atoms. The van der Waals surface area contributed by atoms with Crippen LogP contribution in [0.1, 0.15) is 37.7 Å². The highest BCUT2D eigenvalue weighted by Crippen LogP contribution is 2.30. The Kier molecular flexibility index (Phi) is 5.81. The number of carbonyl (C=O) groups is 1. The zero-order valence-corrected chi connectivity index (χ0v) is 18.1. The van der Waals surface area contributed by atoms with Crippen LogP contribution in [0.2, 0.25) is 0 Å². The van der Waals surface area contributed by atoms with Gasteiger partial charge >= 0.3 is 5.97 Å². The lowest BCUT2D eigenvalue weighted by molar-refractivity contribution is -0.138. The number of carboxylic acid groups (broad SMARTS) is 1. The number of nitrogens with one attached hydrogen (secondary N) is 2. The van der Waals surface area contributed by atoms with Crippen LogP contribution in [0, 0.1) is 11.7 Å². The summed E-state index contributed by atoms with van der Waals surface area (Å²) in [6.45, 7) is 0.434. The summed E-state index contributed by atoms with van der Waals surface area (Å²) in [5, 5.41) is 12.2. The Labute approximate surface area is 190 Å². The van der Waals surface area contributed by atoms with Crippen LogP contribution in [0.4, 0.5) is 4.39 Å². The van der Waals surface area contributed by atoms with Crippen LogP contribution < -0.4 is 5.32 Å². The van der Waals surface area contributed by atoms with Crippen LogP contribution in [-0.4, -0.2) is 39.4 Å². The number of ether oxygens (including phenoxy) is 1. The minimum absolute atomic E-state index is 0.0612. The molecule has 0 unspecified atom stereocenters. The number of fused-ring (bicyclic) bond motifs is 1. The van der Waals surface area contributed by atoms with E-state index in [0.29, 0.717) is 29.4 Å². The Bertz CT molecular complexity index is 1210. The van der Waals surface area contributed by atoms with Crippen molar-refractivity contribution in [3.8, 4) is 11.4 Å². The quantitative estimate of drug-likeness (QED) is 0.511. The first-order valence-electron chi connectivity index (χ1n) is 11.2. The number of rotatable bonds is 6. The van der Waals surface area contributed by atoms with Gasteiger partial charge in [-0.05, 0) is 55.9 Å². The van der Waals surface area contributed by atoms with Crippen molar-refractivity contribution in [2.24, 2.45) is 10.9 Å². The number of para-hydroxylation sites is 2. The van der Waals surface area contributed by atoms with E-state index >= 15 is 0 Å². The van der Waals surface area contributed by atoms with Crippen LogP contribution in [0.3, 0.4) is 0 Å². The maximum Gasteiger partial charge on any atom is 0.303 e. The summed E-state index contributed by atoms with van der Waals surface area (Å²) < 4.78 is 20.9. The maximum absolute atomic E-state index is 14.9. The molecular formula is C25H25FN4O3. The second-order valence-electron chi connectivity index (χ2n) is 8.58. The normalized spacial score (nSPS) is 20.6. The van der Waals surface area contributed by atoms with E-state index in [0.717, 1.165) is 42.4 Å². The number of hydrogen-bond donors (Lipinski definition) is 3. The van der Waals surface area contributed by atoms with E-state index in [4.69, 9.17) is 9.84 Å². The van der Waals surface area contributed by atoms with Crippen molar-refractivity contribution in [2.75, 3.05) is 6.54 Å². The molecule has 5 rings (SSSR count). The Morgan fingerprint density at radius 2 is 1.97 bits per heavy atom. The topological polar surface area (TPSA) is 99.6 Å². The van der Waals surface area contributed by atoms with Gasteiger partial charge in [0.25, 0.3) is 0 Å². The molecule has 1 saturated carbocycles. The van der Waals surface area contributed by atoms with Crippen molar-refractivity contribution >= 4 is 22.7 Å². The predicted molar refractivity (Wildman–Crippen MR) is 123 cm³/mol. The fourth-order valence-electron chi connectivity index (χ4n) is 4.49. The molecule has 2 heterocycles. The van der Waals surface area contributed by atoms with Gasteiger partial charge in [-0.2, -0.15) is 0 Å². The number of H-pyrrole nitrogens is 1. The monoisotopic (exact) mass is 448 g/mol. The molecule has 3 aromatic rings. The lowest BCUT2D eigenvalue weighted by atomic mass is 9.85. The Morgan fingerprint density at radius 3 is 2.67 bits per heavy atom. The lowest BCUT2D eigenvalue weighted by Crippen LogP contribution is -2.31. The molecule has 8 heteroatoms. The molecule has 2 aliphatic rings. The van der Waals surface area contributed by atoms with E-state index in [9.17, 15) is 9.18 Å². The van der Waals surface area contributed by atoms with Crippen LogP contribution in [0.15, 0.2) is 59.5 Å². The van der Waals surface area contributed by atoms with Gasteiger partial charge in [-0.25, -0.2) is 9.37 Å². The molecule has 1 aromatic heterocycles. The number of nitrogens with zero attached hydrogens (tertiary/aromatic N) is 2. The maximum atomic E-state index is 14.9. The van der Waals surface area contributed by atoms with Gasteiger partial charge in [-0.3, -0.25) is 9.79 Å². The number of halogens is 1. The molecule has 0 bridgehead atoms. The number of hydrogen-bond acceptors (Lipinski definition) is 5. The van der Waals surface area contributed by atoms with Gasteiger partial charge < -0.3 is 20.1 Å². The molecule has 1 aliphatic carbocycles. The summed E-state index contributed by atoms with van der Waals surface area (Å²) in [6.07, 6.45) is 5.31. The first-order valence-corrected chi connectivity index (χ1v) is 11.2. The van der Waals surface area contributed by atoms with E-state index in [2.05, 4.69) is 20.3 Å². The third kappa shape index (κ3) is 4.74. The zero-order chi connectivity index (χ0) is 22.8. The molecule has 0 atom stereocenters. The molecule has 7 nitrogen and oxygen atoms in total. The van der Waals surface area contributed by atoms with Gasteiger partial charge in [0.1, 0.15) is 17.7 Å². The highest BCUT2D eigenvalue weighted by Gasteiger charge is 2.25. The molecule has 0 radical (unpaired) electrons. The SMILES string of the molecule is O=C(O)CC1CCC(OC2=CN=C(c3ccc(-c4nc5ccccc5[nH]4)c(F)c3)CN2)CC1. The van der Waals surface area contributed by atoms with E-state index < -0.39 is 5.97 Å². The highest BCUT2D eigenvalue weighted by molar-refractivity contribution is 6.03. The first kappa shape index (κ1) is 21.2. The minimum Gasteiger partial charge on any atom is -0.481 e. The Hall–Kier alpha value is -3.68. The second-order valence-corrected chi connectivity index (χ2v) is 8.58. The largest absolute Gasteiger partial charge is 0.481 e. The van der Waals surface area contributed by atoms with Crippen LogP contribution >= 0.6 is 0 Å². The Balaban J connectivity index is 1.24. The van der Waals surface area contributed by atoms with E-state index in [1.165, 1.54) is 6.07 Å². The number of aliphatic imine (C=N–C) groups is 1. The average molecular weight is 448 g/mol. The summed E-state index contributed by atoms with van der Waals surface area (Å²) >= 11 is 0. The average Bonchev–Trinajstić information content (AvgIpc) is 3.24. The third-order valence-electron chi connectivity index (χ3n) is 6.27. The number of aliphatic carboxylic acids is 1. The van der Waals surface area contributed by atoms with Gasteiger partial charge in [0, 0.05) is 12.0 Å². The summed E-state index contributed by atoms with van der Waals surface area (Å²) in [4.78, 5) is 23.0. The molecule has 33 heavy (non-hydrogen) atoms. The van der Waals surface area contributed by atoms with E-state index in [-0.39, 0.29) is 24.3 Å². The molecule has 1 fully saturated rings. The van der Waals surface area contributed by atoms with Gasteiger partial charge in [0.2, 0.25) is 5.88 Å². The second kappa shape index (κ2) is 9.05. The van der Waals surface area contributed by atoms with Crippen molar-refractivity contribution in [3.63, 3.8) is 0 Å². The van der Waals surface area contributed by atoms with E-state index in [1.54, 1.807) is 12.3 Å². The molecule has 1 aliphatic heterocycles. The first-order chi connectivity index (χ1) is 16.0. The third-order valence-corrected chi connectivity index (χ3v) is 6.27. The standard InChI is InChI=1S/C25H25FN4O3/c26-19-12-16(7-10-18(19)25-29-20-3-1-2-4-21(20)30-25)22-13-28-23(14-27-22)33-17-8-5-15(6-9-17)11-24(31)32/h1-4,7,10,12,14-15,17,28H,5-6,8-9,11,13H2,(H,29,30)(H,31,32). The summed E-state index contributed by atoms with van der Waals surface area (Å²) in [5.74, 6) is 0.230. The van der Waals surface area contributed by atoms with Gasteiger partial charge in [-0.15, -0.1) is 0 Å². The molecule has 0 saturated heterocycles. The molecule has 0 amide bonds. The smallest absolute Gasteiger partial charge is 0.303 e. The van der Waals surface area contributed by atoms with Gasteiger partial charge in [0.15, 0.2) is 0 Å². The van der Waals surface area contributed by atoms with Crippen molar-refractivity contribution in [3.05, 3.63) is 65.9 Å². The van der Waals surface area contributed by atoms with E-state index in [1.807, 2.05) is 30.3 Å². The predicted octanol–water partition coefficient (Wildman–Crippen LogP) is 4.61. The molecular weight excluding hydrogens is 423 g/mol.